The van der Waals surface area contributed by atoms with E-state index >= 15 is 0 Å². The lowest BCUT2D eigenvalue weighted by molar-refractivity contribution is -0.140. The molecule has 2 unspecified atom stereocenters. The van der Waals surface area contributed by atoms with Gasteiger partial charge in [0, 0.05) is 0 Å². The summed E-state index contributed by atoms with van der Waals surface area (Å²) in [7, 11) is -4.55. The maximum atomic E-state index is 13.6. The van der Waals surface area contributed by atoms with E-state index in [0.29, 0.717) is 11.1 Å². The fraction of sp³-hybridized carbons (Fsp3) is 0.182. The van der Waals surface area contributed by atoms with Crippen LogP contribution in [0.5, 0.6) is 0 Å². The summed E-state index contributed by atoms with van der Waals surface area (Å²) in [5.41, 5.74) is 6.19. The third-order valence-electron chi connectivity index (χ3n) is 4.79. The van der Waals surface area contributed by atoms with E-state index in [2.05, 4.69) is 4.72 Å². The Kier molecular flexibility index (Phi) is 6.30. The van der Waals surface area contributed by atoms with Gasteiger partial charge in [0.25, 0.3) is 0 Å². The predicted octanol–water partition coefficient (Wildman–Crippen LogP) is 4.73. The SMILES string of the molecule is Cc1cccc(S(=O)(=O)NC(c2ccccc2)C(N)c2ccccc2)c1C(F)(F)F. The van der Waals surface area contributed by atoms with Crippen LogP contribution in [-0.4, -0.2) is 8.42 Å². The summed E-state index contributed by atoms with van der Waals surface area (Å²) >= 11 is 0. The van der Waals surface area contributed by atoms with Crippen molar-refractivity contribution >= 4 is 10.0 Å². The number of benzene rings is 3. The molecule has 0 saturated carbocycles. The summed E-state index contributed by atoms with van der Waals surface area (Å²) in [5.74, 6) is 0. The van der Waals surface area contributed by atoms with E-state index in [1.54, 1.807) is 60.7 Å². The lowest BCUT2D eigenvalue weighted by atomic mass is 9.95. The molecule has 8 heteroatoms. The molecular formula is C22H21F3N2O2S. The van der Waals surface area contributed by atoms with Crippen molar-refractivity contribution in [3.8, 4) is 0 Å². The first kappa shape index (κ1) is 22.0. The van der Waals surface area contributed by atoms with Gasteiger partial charge in [0.1, 0.15) is 0 Å². The first-order valence-electron chi connectivity index (χ1n) is 9.16. The van der Waals surface area contributed by atoms with Crippen molar-refractivity contribution in [2.24, 2.45) is 5.73 Å². The van der Waals surface area contributed by atoms with Gasteiger partial charge < -0.3 is 5.73 Å². The molecule has 0 bridgehead atoms. The average molecular weight is 434 g/mol. The van der Waals surface area contributed by atoms with Crippen molar-refractivity contribution in [2.45, 2.75) is 30.1 Å². The number of halogens is 3. The summed E-state index contributed by atoms with van der Waals surface area (Å²) < 4.78 is 69.4. The van der Waals surface area contributed by atoms with Gasteiger partial charge in [-0.3, -0.25) is 0 Å². The van der Waals surface area contributed by atoms with Gasteiger partial charge in [0.05, 0.1) is 22.5 Å². The van der Waals surface area contributed by atoms with E-state index in [0.717, 1.165) is 6.07 Å². The molecule has 0 aliphatic rings. The zero-order chi connectivity index (χ0) is 21.9. The monoisotopic (exact) mass is 434 g/mol. The summed E-state index contributed by atoms with van der Waals surface area (Å²) in [6.07, 6.45) is -4.82. The molecule has 3 N–H and O–H groups in total. The van der Waals surface area contributed by atoms with Crippen molar-refractivity contribution < 1.29 is 21.6 Å². The smallest absolute Gasteiger partial charge is 0.322 e. The summed E-state index contributed by atoms with van der Waals surface area (Å²) in [6.45, 7) is 1.23. The van der Waals surface area contributed by atoms with E-state index in [4.69, 9.17) is 5.73 Å². The van der Waals surface area contributed by atoms with Crippen LogP contribution in [-0.2, 0) is 16.2 Å². The molecule has 0 heterocycles. The highest BCUT2D eigenvalue weighted by molar-refractivity contribution is 7.89. The van der Waals surface area contributed by atoms with Gasteiger partial charge in [0.2, 0.25) is 10.0 Å². The summed E-state index contributed by atoms with van der Waals surface area (Å²) in [6, 6.07) is 19.0. The van der Waals surface area contributed by atoms with Crippen LogP contribution < -0.4 is 10.5 Å². The minimum Gasteiger partial charge on any atom is -0.322 e. The molecule has 0 aromatic heterocycles. The predicted molar refractivity (Wildman–Crippen MR) is 109 cm³/mol. The zero-order valence-corrected chi connectivity index (χ0v) is 16.9. The van der Waals surface area contributed by atoms with Crippen LogP contribution in [0.15, 0.2) is 83.8 Å². The Hall–Kier alpha value is -2.68. The van der Waals surface area contributed by atoms with Gasteiger partial charge in [-0.1, -0.05) is 72.8 Å². The molecule has 2 atom stereocenters. The Balaban J connectivity index is 2.08. The molecule has 0 spiro atoms. The number of alkyl halides is 3. The van der Waals surface area contributed by atoms with E-state index in [1.807, 2.05) is 0 Å². The van der Waals surface area contributed by atoms with Gasteiger partial charge in [-0.25, -0.2) is 13.1 Å². The average Bonchev–Trinajstić information content (AvgIpc) is 2.72. The highest BCUT2D eigenvalue weighted by atomic mass is 32.2. The second kappa shape index (κ2) is 8.59. The molecule has 0 aliphatic heterocycles. The highest BCUT2D eigenvalue weighted by Crippen LogP contribution is 2.37. The van der Waals surface area contributed by atoms with Crippen LogP contribution in [0.1, 0.15) is 34.3 Å². The largest absolute Gasteiger partial charge is 0.417 e. The van der Waals surface area contributed by atoms with Gasteiger partial charge in [-0.15, -0.1) is 0 Å². The topological polar surface area (TPSA) is 72.2 Å². The molecule has 3 aromatic carbocycles. The van der Waals surface area contributed by atoms with E-state index in [-0.39, 0.29) is 5.56 Å². The van der Waals surface area contributed by atoms with Crippen molar-refractivity contribution in [1.29, 1.82) is 0 Å². The minimum absolute atomic E-state index is 0.172. The molecule has 4 nitrogen and oxygen atoms in total. The van der Waals surface area contributed by atoms with Crippen LogP contribution in [0.25, 0.3) is 0 Å². The van der Waals surface area contributed by atoms with Crippen LogP contribution >= 0.6 is 0 Å². The Morgan fingerprint density at radius 2 is 1.37 bits per heavy atom. The number of sulfonamides is 1. The minimum atomic E-state index is -4.82. The number of nitrogens with two attached hydrogens (primary N) is 1. The van der Waals surface area contributed by atoms with E-state index in [1.165, 1.54) is 19.1 Å². The first-order valence-corrected chi connectivity index (χ1v) is 10.6. The second-order valence-electron chi connectivity index (χ2n) is 6.89. The van der Waals surface area contributed by atoms with Gasteiger partial charge in [-0.05, 0) is 29.7 Å². The molecule has 0 aliphatic carbocycles. The van der Waals surface area contributed by atoms with Crippen LogP contribution in [0.3, 0.4) is 0 Å². The zero-order valence-electron chi connectivity index (χ0n) is 16.1. The standard InChI is InChI=1S/C22H21F3N2O2S/c1-15-9-8-14-18(19(15)22(23,24)25)30(28,29)27-21(17-12-6-3-7-13-17)20(26)16-10-4-2-5-11-16/h2-14,20-21,27H,26H2,1H3. The molecule has 3 rings (SSSR count). The van der Waals surface area contributed by atoms with Crippen molar-refractivity contribution in [1.82, 2.24) is 4.72 Å². The third-order valence-corrected chi connectivity index (χ3v) is 6.28. The van der Waals surface area contributed by atoms with Crippen molar-refractivity contribution in [2.75, 3.05) is 0 Å². The Morgan fingerprint density at radius 3 is 1.90 bits per heavy atom. The number of hydrogen-bond acceptors (Lipinski definition) is 3. The first-order chi connectivity index (χ1) is 14.1. The molecule has 0 amide bonds. The van der Waals surface area contributed by atoms with Crippen LogP contribution in [0, 0.1) is 6.92 Å². The maximum absolute atomic E-state index is 13.6. The summed E-state index contributed by atoms with van der Waals surface area (Å²) in [5, 5.41) is 0. The molecule has 0 fully saturated rings. The highest BCUT2D eigenvalue weighted by Gasteiger charge is 2.39. The Labute approximate surface area is 173 Å². The molecule has 158 valence electrons. The Morgan fingerprint density at radius 1 is 0.833 bits per heavy atom. The maximum Gasteiger partial charge on any atom is 0.417 e. The van der Waals surface area contributed by atoms with Gasteiger partial charge in [0.15, 0.2) is 0 Å². The van der Waals surface area contributed by atoms with Crippen LogP contribution in [0.4, 0.5) is 13.2 Å². The van der Waals surface area contributed by atoms with E-state index < -0.39 is 38.7 Å². The molecular weight excluding hydrogens is 413 g/mol. The molecule has 0 radical (unpaired) electrons. The summed E-state index contributed by atoms with van der Waals surface area (Å²) in [4.78, 5) is -0.823. The number of rotatable bonds is 6. The molecule has 0 saturated heterocycles. The molecule has 3 aromatic rings. The normalized spacial score (nSPS) is 14.3. The fourth-order valence-electron chi connectivity index (χ4n) is 3.34. The number of aryl methyl sites for hydroxylation is 1. The van der Waals surface area contributed by atoms with E-state index in [9.17, 15) is 21.6 Å². The molecule has 30 heavy (non-hydrogen) atoms. The van der Waals surface area contributed by atoms with Crippen LogP contribution in [0.2, 0.25) is 0 Å². The van der Waals surface area contributed by atoms with Crippen molar-refractivity contribution in [3.05, 3.63) is 101 Å². The third kappa shape index (κ3) is 4.72. The Bertz CT molecular complexity index is 1100. The number of nitrogens with one attached hydrogen (secondary N) is 1. The second-order valence-corrected chi connectivity index (χ2v) is 8.57. The lowest BCUT2D eigenvalue weighted by Crippen LogP contribution is -2.36. The number of hydrogen-bond donors (Lipinski definition) is 2. The van der Waals surface area contributed by atoms with Gasteiger partial charge in [-0.2, -0.15) is 13.2 Å². The quantitative estimate of drug-likeness (QED) is 0.589. The lowest BCUT2D eigenvalue weighted by Gasteiger charge is -2.27. The van der Waals surface area contributed by atoms with Gasteiger partial charge >= 0.3 is 6.18 Å². The fourth-order valence-corrected chi connectivity index (χ4v) is 4.88. The van der Waals surface area contributed by atoms with Crippen molar-refractivity contribution in [3.63, 3.8) is 0 Å².